The molecule has 3 N–H and O–H groups in total. The average molecular weight is 318 g/mol. The number of halogens is 2. The fourth-order valence-corrected chi connectivity index (χ4v) is 2.34. The highest BCUT2D eigenvalue weighted by molar-refractivity contribution is 7.11. The largest absolute Gasteiger partial charge is 0.486 e. The maximum absolute atomic E-state index is 11.2. The van der Waals surface area contributed by atoms with Crippen LogP contribution in [0.4, 0.5) is 0 Å². The van der Waals surface area contributed by atoms with Gasteiger partial charge in [-0.15, -0.1) is 11.3 Å². The Bertz CT molecular complexity index is 603. The van der Waals surface area contributed by atoms with E-state index in [1.165, 1.54) is 11.3 Å². The number of ether oxygens (including phenoxy) is 1. The maximum atomic E-state index is 11.2. The number of carbonyl (C=O) groups excluding carboxylic acids is 1. The predicted octanol–water partition coefficient (Wildman–Crippen LogP) is 2.63. The Morgan fingerprint density at radius 3 is 3.00 bits per heavy atom. The molecule has 0 saturated carbocycles. The number of nitrogen functional groups attached to an aromatic ring is 1. The van der Waals surface area contributed by atoms with Gasteiger partial charge in [0.2, 0.25) is 0 Å². The van der Waals surface area contributed by atoms with Gasteiger partial charge in [-0.1, -0.05) is 29.3 Å². The van der Waals surface area contributed by atoms with E-state index in [1.54, 1.807) is 23.6 Å². The van der Waals surface area contributed by atoms with Gasteiger partial charge in [0.1, 0.15) is 17.4 Å². The summed E-state index contributed by atoms with van der Waals surface area (Å²) in [6.45, 7) is 0.189. The molecular formula is C11H9Cl2N3O2S. The van der Waals surface area contributed by atoms with Gasteiger partial charge in [-0.2, -0.15) is 0 Å². The predicted molar refractivity (Wildman–Crippen MR) is 74.6 cm³/mol. The van der Waals surface area contributed by atoms with Crippen LogP contribution in [-0.2, 0) is 6.61 Å². The van der Waals surface area contributed by atoms with Gasteiger partial charge in [0.05, 0.1) is 10.7 Å². The van der Waals surface area contributed by atoms with Gasteiger partial charge in [0.25, 0.3) is 5.91 Å². The van der Waals surface area contributed by atoms with E-state index in [9.17, 15) is 4.79 Å². The first-order valence-electron chi connectivity index (χ1n) is 5.14. The zero-order chi connectivity index (χ0) is 13.8. The Balaban J connectivity index is 2.04. The third-order valence-electron chi connectivity index (χ3n) is 2.17. The Kier molecular flexibility index (Phi) is 4.60. The second-order valence-corrected chi connectivity index (χ2v) is 5.10. The van der Waals surface area contributed by atoms with Crippen LogP contribution in [0.25, 0.3) is 0 Å². The van der Waals surface area contributed by atoms with Crippen LogP contribution >= 0.6 is 34.5 Å². The minimum Gasteiger partial charge on any atom is -0.486 e. The lowest BCUT2D eigenvalue weighted by atomic mass is 10.3. The molecule has 100 valence electrons. The summed E-state index contributed by atoms with van der Waals surface area (Å²) in [5.74, 6) is 5.05. The smallest absolute Gasteiger partial charge is 0.294 e. The third-order valence-corrected chi connectivity index (χ3v) is 3.86. The number of nitrogens with one attached hydrogen (secondary N) is 1. The summed E-state index contributed by atoms with van der Waals surface area (Å²) in [4.78, 5) is 15.3. The van der Waals surface area contributed by atoms with Crippen molar-refractivity contribution in [3.8, 4) is 5.75 Å². The van der Waals surface area contributed by atoms with E-state index in [-0.39, 0.29) is 11.6 Å². The second kappa shape index (κ2) is 6.21. The molecule has 0 aliphatic heterocycles. The molecule has 0 unspecified atom stereocenters. The fraction of sp³-hybridized carbons (Fsp3) is 0.0909. The normalized spacial score (nSPS) is 10.3. The third kappa shape index (κ3) is 3.36. The van der Waals surface area contributed by atoms with Crippen LogP contribution < -0.4 is 16.0 Å². The number of aromatic nitrogens is 1. The van der Waals surface area contributed by atoms with Gasteiger partial charge in [-0.25, -0.2) is 10.8 Å². The molecule has 0 atom stereocenters. The van der Waals surface area contributed by atoms with Crippen molar-refractivity contribution >= 4 is 40.4 Å². The lowest BCUT2D eigenvalue weighted by Gasteiger charge is -2.06. The molecular weight excluding hydrogens is 309 g/mol. The van der Waals surface area contributed by atoms with Crippen molar-refractivity contribution < 1.29 is 9.53 Å². The first-order chi connectivity index (χ1) is 9.11. The summed E-state index contributed by atoms with van der Waals surface area (Å²) in [6.07, 6.45) is 0. The molecule has 5 nitrogen and oxygen atoms in total. The molecule has 0 radical (unpaired) electrons. The molecule has 1 aromatic carbocycles. The monoisotopic (exact) mass is 317 g/mol. The summed E-state index contributed by atoms with van der Waals surface area (Å²) in [6, 6.07) is 5.11. The Morgan fingerprint density at radius 1 is 1.47 bits per heavy atom. The standard InChI is InChI=1S/C11H9Cl2N3O2S/c12-7-2-1-3-8(9(7)13)18-4-6-5-19-11(15-6)10(17)16-14/h1-3,5H,4,14H2,(H,16,17). The quantitative estimate of drug-likeness (QED) is 0.516. The Morgan fingerprint density at radius 2 is 2.26 bits per heavy atom. The topological polar surface area (TPSA) is 77.2 Å². The van der Waals surface area contributed by atoms with Crippen LogP contribution in [0.2, 0.25) is 10.0 Å². The highest BCUT2D eigenvalue weighted by Gasteiger charge is 2.11. The number of hydrogen-bond acceptors (Lipinski definition) is 5. The van der Waals surface area contributed by atoms with E-state index in [1.807, 2.05) is 5.43 Å². The van der Waals surface area contributed by atoms with E-state index in [0.717, 1.165) is 0 Å². The van der Waals surface area contributed by atoms with Crippen LogP contribution in [0.3, 0.4) is 0 Å². The summed E-state index contributed by atoms with van der Waals surface area (Å²) in [7, 11) is 0. The van der Waals surface area contributed by atoms with Gasteiger partial charge < -0.3 is 4.74 Å². The van der Waals surface area contributed by atoms with E-state index >= 15 is 0 Å². The number of hydrazine groups is 1. The summed E-state index contributed by atoms with van der Waals surface area (Å²) in [5, 5.41) is 2.75. The molecule has 8 heteroatoms. The Hall–Kier alpha value is -1.34. The molecule has 19 heavy (non-hydrogen) atoms. The van der Waals surface area contributed by atoms with Crippen molar-refractivity contribution in [1.29, 1.82) is 0 Å². The van der Waals surface area contributed by atoms with Gasteiger partial charge in [0, 0.05) is 5.38 Å². The summed E-state index contributed by atoms with van der Waals surface area (Å²) < 4.78 is 5.50. The van der Waals surface area contributed by atoms with Gasteiger partial charge in [-0.3, -0.25) is 10.2 Å². The van der Waals surface area contributed by atoms with E-state index in [2.05, 4.69) is 4.98 Å². The van der Waals surface area contributed by atoms with Gasteiger partial charge in [0.15, 0.2) is 5.01 Å². The lowest BCUT2D eigenvalue weighted by molar-refractivity contribution is 0.0953. The van der Waals surface area contributed by atoms with E-state index in [0.29, 0.717) is 21.5 Å². The lowest BCUT2D eigenvalue weighted by Crippen LogP contribution is -2.29. The number of rotatable bonds is 4. The molecule has 1 heterocycles. The number of amides is 1. The first-order valence-corrected chi connectivity index (χ1v) is 6.77. The number of nitrogens with two attached hydrogens (primary N) is 1. The van der Waals surface area contributed by atoms with Crippen molar-refractivity contribution in [3.63, 3.8) is 0 Å². The first kappa shape index (κ1) is 14.1. The molecule has 2 aromatic rings. The van der Waals surface area contributed by atoms with Crippen molar-refractivity contribution in [2.24, 2.45) is 5.84 Å². The molecule has 0 saturated heterocycles. The zero-order valence-corrected chi connectivity index (χ0v) is 11.9. The van der Waals surface area contributed by atoms with Crippen LogP contribution in [0.5, 0.6) is 5.75 Å². The second-order valence-electron chi connectivity index (χ2n) is 3.46. The molecule has 2 rings (SSSR count). The van der Waals surface area contributed by atoms with Crippen LogP contribution in [0, 0.1) is 0 Å². The van der Waals surface area contributed by atoms with E-state index in [4.69, 9.17) is 33.8 Å². The molecule has 0 fully saturated rings. The molecule has 1 aromatic heterocycles. The van der Waals surface area contributed by atoms with Gasteiger partial charge in [-0.05, 0) is 12.1 Å². The van der Waals surface area contributed by atoms with Crippen molar-refractivity contribution in [2.45, 2.75) is 6.61 Å². The van der Waals surface area contributed by atoms with E-state index < -0.39 is 5.91 Å². The molecule has 0 aliphatic carbocycles. The number of carbonyl (C=O) groups is 1. The summed E-state index contributed by atoms with van der Waals surface area (Å²) >= 11 is 13.0. The van der Waals surface area contributed by atoms with Crippen LogP contribution in [0.15, 0.2) is 23.6 Å². The van der Waals surface area contributed by atoms with Crippen LogP contribution in [-0.4, -0.2) is 10.9 Å². The number of hydrogen-bond donors (Lipinski definition) is 2. The SMILES string of the molecule is NNC(=O)c1nc(COc2cccc(Cl)c2Cl)cs1. The minimum absolute atomic E-state index is 0.189. The Labute approximate surface area is 123 Å². The van der Waals surface area contributed by atoms with Crippen molar-refractivity contribution in [1.82, 2.24) is 10.4 Å². The average Bonchev–Trinajstić information content (AvgIpc) is 2.88. The number of thiazole rings is 1. The minimum atomic E-state index is -0.433. The highest BCUT2D eigenvalue weighted by atomic mass is 35.5. The molecule has 0 spiro atoms. The molecule has 0 bridgehead atoms. The van der Waals surface area contributed by atoms with Crippen molar-refractivity contribution in [3.05, 3.63) is 44.3 Å². The summed E-state index contributed by atoms with van der Waals surface area (Å²) in [5.41, 5.74) is 2.63. The van der Waals surface area contributed by atoms with Crippen LogP contribution in [0.1, 0.15) is 15.5 Å². The fourth-order valence-electron chi connectivity index (χ4n) is 1.29. The van der Waals surface area contributed by atoms with Crippen molar-refractivity contribution in [2.75, 3.05) is 0 Å². The molecule has 0 aliphatic rings. The van der Waals surface area contributed by atoms with Gasteiger partial charge >= 0.3 is 0 Å². The zero-order valence-electron chi connectivity index (χ0n) is 9.52. The number of benzene rings is 1. The number of nitrogens with zero attached hydrogens (tertiary/aromatic N) is 1. The maximum Gasteiger partial charge on any atom is 0.294 e. The molecule has 1 amide bonds. The highest BCUT2D eigenvalue weighted by Crippen LogP contribution is 2.31.